The summed E-state index contributed by atoms with van der Waals surface area (Å²) in [6.45, 7) is 1.56. The number of hydrogen-bond acceptors (Lipinski definition) is 6. The summed E-state index contributed by atoms with van der Waals surface area (Å²) in [5.41, 5.74) is 0.250. The van der Waals surface area contributed by atoms with Gasteiger partial charge in [0.25, 0.3) is 5.91 Å². The van der Waals surface area contributed by atoms with Crippen LogP contribution in [0.5, 0.6) is 0 Å². The Bertz CT molecular complexity index is 1050. The Morgan fingerprint density at radius 1 is 1.10 bits per heavy atom. The number of anilines is 1. The fourth-order valence-corrected chi connectivity index (χ4v) is 3.47. The Labute approximate surface area is 173 Å². The van der Waals surface area contributed by atoms with Crippen molar-refractivity contribution in [2.24, 2.45) is 0 Å². The molecule has 12 heteroatoms. The van der Waals surface area contributed by atoms with Gasteiger partial charge in [-0.05, 0) is 34.7 Å². The Balaban J connectivity index is 1.44. The Morgan fingerprint density at radius 3 is 2.50 bits per heavy atom. The molecular formula is C18H15ClF3N7O. The van der Waals surface area contributed by atoms with Gasteiger partial charge in [-0.3, -0.25) is 4.79 Å². The van der Waals surface area contributed by atoms with Crippen LogP contribution < -0.4 is 4.90 Å². The summed E-state index contributed by atoms with van der Waals surface area (Å²) >= 11 is 6.03. The van der Waals surface area contributed by atoms with Gasteiger partial charge >= 0.3 is 6.18 Å². The number of pyridine rings is 1. The number of hydrogen-bond donors (Lipinski definition) is 0. The van der Waals surface area contributed by atoms with Crippen LogP contribution >= 0.6 is 11.6 Å². The first-order valence-electron chi connectivity index (χ1n) is 8.93. The van der Waals surface area contributed by atoms with E-state index in [1.54, 1.807) is 34.1 Å². The fourth-order valence-electron chi connectivity index (χ4n) is 3.18. The van der Waals surface area contributed by atoms with E-state index in [1.807, 2.05) is 0 Å². The minimum absolute atomic E-state index is 0.0706. The minimum atomic E-state index is -4.50. The highest BCUT2D eigenvalue weighted by atomic mass is 35.5. The number of tetrazole rings is 1. The van der Waals surface area contributed by atoms with Gasteiger partial charge in [0.2, 0.25) is 0 Å². The summed E-state index contributed by atoms with van der Waals surface area (Å²) in [4.78, 5) is 20.2. The maximum Gasteiger partial charge on any atom is 0.417 e. The van der Waals surface area contributed by atoms with E-state index in [0.29, 0.717) is 37.4 Å². The molecule has 8 nitrogen and oxygen atoms in total. The Morgan fingerprint density at radius 2 is 1.87 bits per heavy atom. The number of carbonyl (C=O) groups excluding carboxylic acids is 1. The molecule has 1 amide bonds. The predicted molar refractivity (Wildman–Crippen MR) is 102 cm³/mol. The highest BCUT2D eigenvalue weighted by Crippen LogP contribution is 2.33. The molecule has 3 heterocycles. The first-order chi connectivity index (χ1) is 14.3. The van der Waals surface area contributed by atoms with E-state index in [4.69, 9.17) is 11.6 Å². The summed E-state index contributed by atoms with van der Waals surface area (Å²) in [5, 5.41) is 10.9. The summed E-state index contributed by atoms with van der Waals surface area (Å²) in [5.74, 6) is 0.119. The molecule has 0 radical (unpaired) electrons. The normalized spacial score (nSPS) is 14.8. The number of rotatable bonds is 3. The third-order valence-electron chi connectivity index (χ3n) is 4.72. The number of aromatic nitrogens is 5. The quantitative estimate of drug-likeness (QED) is 0.627. The minimum Gasteiger partial charge on any atom is -0.352 e. The van der Waals surface area contributed by atoms with Crippen molar-refractivity contribution in [2.75, 3.05) is 31.1 Å². The maximum atomic E-state index is 12.9. The van der Waals surface area contributed by atoms with Gasteiger partial charge < -0.3 is 9.80 Å². The van der Waals surface area contributed by atoms with Crippen LogP contribution in [0.1, 0.15) is 15.9 Å². The lowest BCUT2D eigenvalue weighted by molar-refractivity contribution is -0.137. The summed E-state index contributed by atoms with van der Waals surface area (Å²) < 4.78 is 39.8. The van der Waals surface area contributed by atoms with Gasteiger partial charge in [-0.15, -0.1) is 5.10 Å². The Kier molecular flexibility index (Phi) is 5.29. The van der Waals surface area contributed by atoms with Crippen molar-refractivity contribution in [3.05, 3.63) is 59.0 Å². The van der Waals surface area contributed by atoms with Gasteiger partial charge in [-0.1, -0.05) is 17.7 Å². The van der Waals surface area contributed by atoms with Crippen LogP contribution in [0.4, 0.5) is 19.0 Å². The molecule has 0 aliphatic carbocycles. The second-order valence-electron chi connectivity index (χ2n) is 6.61. The first-order valence-corrected chi connectivity index (χ1v) is 9.31. The predicted octanol–water partition coefficient (Wildman–Crippen LogP) is 2.69. The van der Waals surface area contributed by atoms with Gasteiger partial charge in [0.15, 0.2) is 0 Å². The monoisotopic (exact) mass is 437 g/mol. The van der Waals surface area contributed by atoms with Crippen LogP contribution in [-0.4, -0.2) is 62.2 Å². The number of alkyl halides is 3. The number of halogens is 4. The zero-order chi connectivity index (χ0) is 21.3. The molecule has 2 aromatic heterocycles. The Hall–Kier alpha value is -3.21. The average Bonchev–Trinajstić information content (AvgIpc) is 3.28. The second-order valence-corrected chi connectivity index (χ2v) is 7.02. The molecule has 1 aliphatic heterocycles. The van der Waals surface area contributed by atoms with Gasteiger partial charge in [0.05, 0.1) is 16.3 Å². The van der Waals surface area contributed by atoms with Crippen molar-refractivity contribution in [2.45, 2.75) is 6.18 Å². The molecule has 0 spiro atoms. The number of amides is 1. The highest BCUT2D eigenvalue weighted by Gasteiger charge is 2.32. The molecule has 1 saturated heterocycles. The molecule has 0 unspecified atom stereocenters. The maximum absolute atomic E-state index is 12.9. The van der Waals surface area contributed by atoms with Crippen molar-refractivity contribution in [3.63, 3.8) is 0 Å². The van der Waals surface area contributed by atoms with E-state index >= 15 is 0 Å². The molecular weight excluding hydrogens is 423 g/mol. The van der Waals surface area contributed by atoms with Crippen molar-refractivity contribution < 1.29 is 18.0 Å². The van der Waals surface area contributed by atoms with Crippen molar-refractivity contribution in [3.8, 4) is 5.69 Å². The van der Waals surface area contributed by atoms with Crippen molar-refractivity contribution in [1.29, 1.82) is 0 Å². The molecule has 156 valence electrons. The van der Waals surface area contributed by atoms with Crippen molar-refractivity contribution >= 4 is 23.3 Å². The van der Waals surface area contributed by atoms with E-state index in [-0.39, 0.29) is 16.7 Å². The molecule has 0 atom stereocenters. The van der Waals surface area contributed by atoms with Gasteiger partial charge in [0, 0.05) is 37.9 Å². The first kappa shape index (κ1) is 20.1. The number of piperazine rings is 1. The summed E-state index contributed by atoms with van der Waals surface area (Å²) in [6, 6.07) is 7.79. The van der Waals surface area contributed by atoms with E-state index in [9.17, 15) is 18.0 Å². The fraction of sp³-hybridized carbons (Fsp3) is 0.278. The lowest BCUT2D eigenvalue weighted by atomic mass is 10.1. The van der Waals surface area contributed by atoms with Gasteiger partial charge in [-0.2, -0.15) is 13.2 Å². The van der Waals surface area contributed by atoms with Crippen LogP contribution in [-0.2, 0) is 6.18 Å². The third-order valence-corrected chi connectivity index (χ3v) is 5.00. The van der Waals surface area contributed by atoms with Crippen LogP contribution in [0.3, 0.4) is 0 Å². The number of benzene rings is 1. The van der Waals surface area contributed by atoms with Crippen LogP contribution in [0, 0.1) is 0 Å². The average molecular weight is 438 g/mol. The summed E-state index contributed by atoms with van der Waals surface area (Å²) in [6.07, 6.45) is -2.30. The molecule has 30 heavy (non-hydrogen) atoms. The lowest BCUT2D eigenvalue weighted by Gasteiger charge is -2.36. The molecule has 1 aliphatic rings. The zero-order valence-corrected chi connectivity index (χ0v) is 16.2. The zero-order valence-electron chi connectivity index (χ0n) is 15.4. The number of carbonyl (C=O) groups is 1. The van der Waals surface area contributed by atoms with Crippen LogP contribution in [0.25, 0.3) is 5.69 Å². The molecule has 0 saturated carbocycles. The van der Waals surface area contributed by atoms with E-state index in [0.717, 1.165) is 12.3 Å². The molecule has 0 bridgehead atoms. The second kappa shape index (κ2) is 7.90. The van der Waals surface area contributed by atoms with Crippen LogP contribution in [0.2, 0.25) is 5.02 Å². The molecule has 3 aromatic rings. The molecule has 4 rings (SSSR count). The van der Waals surface area contributed by atoms with Crippen molar-refractivity contribution in [1.82, 2.24) is 30.1 Å². The lowest BCUT2D eigenvalue weighted by Crippen LogP contribution is -2.49. The number of nitrogens with zero attached hydrogens (tertiary/aromatic N) is 7. The van der Waals surface area contributed by atoms with Crippen LogP contribution in [0.15, 0.2) is 42.9 Å². The molecule has 1 fully saturated rings. The summed E-state index contributed by atoms with van der Waals surface area (Å²) in [7, 11) is 0. The molecule has 0 N–H and O–H groups in total. The third kappa shape index (κ3) is 4.06. The van der Waals surface area contributed by atoms with E-state index < -0.39 is 11.7 Å². The van der Waals surface area contributed by atoms with E-state index in [1.165, 1.54) is 11.0 Å². The largest absolute Gasteiger partial charge is 0.417 e. The topological polar surface area (TPSA) is 80.0 Å². The van der Waals surface area contributed by atoms with Gasteiger partial charge in [-0.25, -0.2) is 9.67 Å². The highest BCUT2D eigenvalue weighted by molar-refractivity contribution is 6.33. The molecule has 1 aromatic carbocycles. The SMILES string of the molecule is O=C(c1cccc(-n2cnnn2)c1)N1CCN(c2ncc(C(F)(F)F)cc2Cl)CC1. The standard InChI is InChI=1S/C18H15ClF3N7O/c19-15-9-13(18(20,21)22)10-23-16(15)27-4-6-28(7-5-27)17(30)12-2-1-3-14(8-12)29-11-24-25-26-29/h1-3,8-11H,4-7H2. The van der Waals surface area contributed by atoms with E-state index in [2.05, 4.69) is 20.5 Å². The van der Waals surface area contributed by atoms with Gasteiger partial charge in [0.1, 0.15) is 12.1 Å². The smallest absolute Gasteiger partial charge is 0.352 e.